The lowest BCUT2D eigenvalue weighted by atomic mass is 10.1. The second-order valence-corrected chi connectivity index (χ2v) is 7.62. The van der Waals surface area contributed by atoms with Crippen LogP contribution in [0.1, 0.15) is 28.9 Å². The largest absolute Gasteiger partial charge is 0.376 e. The van der Waals surface area contributed by atoms with Gasteiger partial charge in [-0.15, -0.1) is 0 Å². The molecule has 0 aliphatic heterocycles. The summed E-state index contributed by atoms with van der Waals surface area (Å²) in [6, 6.07) is 21.4. The lowest BCUT2D eigenvalue weighted by molar-refractivity contribution is -0.114. The van der Waals surface area contributed by atoms with Crippen molar-refractivity contribution in [1.82, 2.24) is 5.32 Å². The maximum atomic E-state index is 12.4. The van der Waals surface area contributed by atoms with Crippen molar-refractivity contribution in [2.75, 3.05) is 17.2 Å². The van der Waals surface area contributed by atoms with Crippen LogP contribution in [-0.2, 0) is 4.79 Å². The quantitative estimate of drug-likeness (QED) is 0.450. The third-order valence-corrected chi connectivity index (χ3v) is 4.83. The number of anilines is 2. The summed E-state index contributed by atoms with van der Waals surface area (Å²) in [6.07, 6.45) is 0. The molecule has 0 heterocycles. The molecule has 0 aromatic heterocycles. The molecule has 30 heavy (non-hydrogen) atoms. The molecule has 7 heteroatoms. The van der Waals surface area contributed by atoms with E-state index in [1.165, 1.54) is 0 Å². The first-order chi connectivity index (χ1) is 14.4. The van der Waals surface area contributed by atoms with Crippen LogP contribution in [0.3, 0.4) is 0 Å². The van der Waals surface area contributed by atoms with Gasteiger partial charge in [0.1, 0.15) is 0 Å². The van der Waals surface area contributed by atoms with E-state index < -0.39 is 0 Å². The van der Waals surface area contributed by atoms with E-state index in [1.54, 1.807) is 42.5 Å². The predicted molar refractivity (Wildman–Crippen MR) is 122 cm³/mol. The second kappa shape index (κ2) is 10.1. The Morgan fingerprint density at radius 3 is 2.13 bits per heavy atom. The molecule has 3 rings (SSSR count). The van der Waals surface area contributed by atoms with Crippen LogP contribution >= 0.6 is 23.2 Å². The summed E-state index contributed by atoms with van der Waals surface area (Å²) in [6.45, 7) is 1.98. The molecular weight excluding hydrogens is 421 g/mol. The maximum absolute atomic E-state index is 12.4. The summed E-state index contributed by atoms with van der Waals surface area (Å²) in [7, 11) is 0. The number of amides is 2. The first kappa shape index (κ1) is 21.7. The fourth-order valence-electron chi connectivity index (χ4n) is 2.85. The van der Waals surface area contributed by atoms with Crippen molar-refractivity contribution in [2.24, 2.45) is 0 Å². The first-order valence-corrected chi connectivity index (χ1v) is 10.1. The summed E-state index contributed by atoms with van der Waals surface area (Å²) < 4.78 is 0. The maximum Gasteiger partial charge on any atom is 0.251 e. The van der Waals surface area contributed by atoms with E-state index in [0.717, 1.165) is 5.56 Å². The Bertz CT molecular complexity index is 1000. The fraction of sp³-hybridized carbons (Fsp3) is 0.130. The van der Waals surface area contributed by atoms with E-state index in [1.807, 2.05) is 37.3 Å². The molecule has 0 radical (unpaired) electrons. The Kier molecular flexibility index (Phi) is 7.33. The van der Waals surface area contributed by atoms with Crippen LogP contribution in [0.25, 0.3) is 0 Å². The van der Waals surface area contributed by atoms with Gasteiger partial charge in [0.2, 0.25) is 5.91 Å². The zero-order valence-electron chi connectivity index (χ0n) is 16.3. The molecule has 0 aliphatic carbocycles. The van der Waals surface area contributed by atoms with Gasteiger partial charge in [0.25, 0.3) is 5.91 Å². The number of hydrogen-bond donors (Lipinski definition) is 3. The topological polar surface area (TPSA) is 70.2 Å². The van der Waals surface area contributed by atoms with Crippen LogP contribution in [0.4, 0.5) is 11.4 Å². The average molecular weight is 442 g/mol. The van der Waals surface area contributed by atoms with Gasteiger partial charge in [-0.3, -0.25) is 9.59 Å². The van der Waals surface area contributed by atoms with Crippen molar-refractivity contribution in [2.45, 2.75) is 13.0 Å². The Morgan fingerprint density at radius 1 is 0.867 bits per heavy atom. The number of hydrogen-bond acceptors (Lipinski definition) is 3. The highest BCUT2D eigenvalue weighted by Crippen LogP contribution is 2.22. The summed E-state index contributed by atoms with van der Waals surface area (Å²) >= 11 is 11.9. The lowest BCUT2D eigenvalue weighted by Gasteiger charge is -2.14. The minimum atomic E-state index is -0.235. The van der Waals surface area contributed by atoms with E-state index in [-0.39, 0.29) is 24.4 Å². The molecule has 1 unspecified atom stereocenters. The second-order valence-electron chi connectivity index (χ2n) is 6.74. The van der Waals surface area contributed by atoms with E-state index >= 15 is 0 Å². The minimum Gasteiger partial charge on any atom is -0.376 e. The zero-order chi connectivity index (χ0) is 21.5. The van der Waals surface area contributed by atoms with Gasteiger partial charge in [0.15, 0.2) is 0 Å². The Hall–Kier alpha value is -3.02. The normalized spacial score (nSPS) is 11.4. The summed E-state index contributed by atoms with van der Waals surface area (Å²) in [5.41, 5.74) is 2.80. The van der Waals surface area contributed by atoms with Crippen LogP contribution in [0.5, 0.6) is 0 Å². The summed E-state index contributed by atoms with van der Waals surface area (Å²) in [4.78, 5) is 24.6. The van der Waals surface area contributed by atoms with E-state index in [2.05, 4.69) is 16.0 Å². The minimum absolute atomic E-state index is 0.0491. The van der Waals surface area contributed by atoms with E-state index in [4.69, 9.17) is 23.2 Å². The Morgan fingerprint density at radius 2 is 1.50 bits per heavy atom. The smallest absolute Gasteiger partial charge is 0.251 e. The van der Waals surface area contributed by atoms with Crippen LogP contribution < -0.4 is 16.0 Å². The highest BCUT2D eigenvalue weighted by atomic mass is 35.5. The molecule has 0 fully saturated rings. The first-order valence-electron chi connectivity index (χ1n) is 9.36. The standard InChI is InChI=1S/C23H21Cl2N3O2/c1-15(16-5-3-2-4-6-16)27-23(30)17-7-9-20(10-8-17)28-22(29)14-26-21-12-18(24)11-19(25)13-21/h2-13,15,26H,14H2,1H3,(H,27,30)(H,28,29). The Labute approximate surface area is 185 Å². The Balaban J connectivity index is 1.52. The molecule has 0 saturated heterocycles. The molecule has 0 spiro atoms. The summed E-state index contributed by atoms with van der Waals surface area (Å²) in [5, 5.41) is 9.68. The van der Waals surface area contributed by atoms with Gasteiger partial charge in [-0.2, -0.15) is 0 Å². The monoisotopic (exact) mass is 441 g/mol. The molecule has 3 aromatic rings. The van der Waals surface area contributed by atoms with Crippen molar-refractivity contribution in [3.8, 4) is 0 Å². The van der Waals surface area contributed by atoms with Gasteiger partial charge >= 0.3 is 0 Å². The number of nitrogens with one attached hydrogen (secondary N) is 3. The molecular formula is C23H21Cl2N3O2. The van der Waals surface area contributed by atoms with Crippen molar-refractivity contribution in [3.05, 3.63) is 94.0 Å². The molecule has 2 amide bonds. The van der Waals surface area contributed by atoms with Crippen molar-refractivity contribution < 1.29 is 9.59 Å². The van der Waals surface area contributed by atoms with Gasteiger partial charge in [0, 0.05) is 27.0 Å². The molecule has 5 nitrogen and oxygen atoms in total. The van der Waals surface area contributed by atoms with Gasteiger partial charge in [-0.1, -0.05) is 53.5 Å². The number of carbonyl (C=O) groups excluding carboxylic acids is 2. The molecule has 3 aromatic carbocycles. The van der Waals surface area contributed by atoms with Crippen molar-refractivity contribution in [1.29, 1.82) is 0 Å². The average Bonchev–Trinajstić information content (AvgIpc) is 2.72. The molecule has 0 saturated carbocycles. The lowest BCUT2D eigenvalue weighted by Crippen LogP contribution is -2.26. The molecule has 154 valence electrons. The highest BCUT2D eigenvalue weighted by Gasteiger charge is 2.11. The van der Waals surface area contributed by atoms with Gasteiger partial charge in [-0.25, -0.2) is 0 Å². The van der Waals surface area contributed by atoms with Gasteiger partial charge in [0.05, 0.1) is 12.6 Å². The van der Waals surface area contributed by atoms with Gasteiger partial charge in [-0.05, 0) is 55.0 Å². The molecule has 0 aliphatic rings. The fourth-order valence-corrected chi connectivity index (χ4v) is 3.38. The van der Waals surface area contributed by atoms with Crippen LogP contribution in [0.15, 0.2) is 72.8 Å². The molecule has 1 atom stereocenters. The van der Waals surface area contributed by atoms with Gasteiger partial charge < -0.3 is 16.0 Å². The van der Waals surface area contributed by atoms with Crippen molar-refractivity contribution >= 4 is 46.4 Å². The molecule has 0 bridgehead atoms. The molecule has 3 N–H and O–H groups in total. The zero-order valence-corrected chi connectivity index (χ0v) is 17.8. The number of carbonyl (C=O) groups is 2. The number of halogens is 2. The number of rotatable bonds is 7. The van der Waals surface area contributed by atoms with Crippen LogP contribution in [0.2, 0.25) is 10.0 Å². The number of benzene rings is 3. The third kappa shape index (κ3) is 6.24. The highest BCUT2D eigenvalue weighted by molar-refractivity contribution is 6.35. The van der Waals surface area contributed by atoms with E-state index in [0.29, 0.717) is 27.0 Å². The van der Waals surface area contributed by atoms with Crippen LogP contribution in [-0.4, -0.2) is 18.4 Å². The third-order valence-electron chi connectivity index (χ3n) is 4.39. The van der Waals surface area contributed by atoms with E-state index in [9.17, 15) is 9.59 Å². The SMILES string of the molecule is CC(NC(=O)c1ccc(NC(=O)CNc2cc(Cl)cc(Cl)c2)cc1)c1ccccc1. The van der Waals surface area contributed by atoms with Crippen molar-refractivity contribution in [3.63, 3.8) is 0 Å². The predicted octanol–water partition coefficient (Wildman–Crippen LogP) is 5.54. The van der Waals surface area contributed by atoms with Crippen LogP contribution in [0, 0.1) is 0 Å². The summed E-state index contributed by atoms with van der Waals surface area (Å²) in [5.74, 6) is -0.412.